The number of aromatic nitrogens is 5. The fourth-order valence-electron chi connectivity index (χ4n) is 3.16. The Labute approximate surface area is 212 Å². The van der Waals surface area contributed by atoms with Gasteiger partial charge in [-0.15, -0.1) is 26.2 Å². The third-order valence-corrected chi connectivity index (χ3v) is 5.18. The summed E-state index contributed by atoms with van der Waals surface area (Å²) in [5.74, 6) is 3.18. The van der Waals surface area contributed by atoms with E-state index in [0.29, 0.717) is 18.2 Å². The van der Waals surface area contributed by atoms with Gasteiger partial charge in [0.05, 0.1) is 6.54 Å². The van der Waals surface area contributed by atoms with Gasteiger partial charge >= 0.3 is 6.36 Å². The molecule has 0 aliphatic carbocycles. The van der Waals surface area contributed by atoms with Crippen LogP contribution in [-0.4, -0.2) is 37.8 Å². The van der Waals surface area contributed by atoms with Crippen molar-refractivity contribution in [2.75, 3.05) is 11.9 Å². The van der Waals surface area contributed by atoms with E-state index in [1.807, 2.05) is 37.1 Å². The van der Waals surface area contributed by atoms with Crippen molar-refractivity contribution in [1.82, 2.24) is 24.9 Å². The van der Waals surface area contributed by atoms with E-state index in [0.717, 1.165) is 42.2 Å². The number of ether oxygens (including phenoxy) is 1. The van der Waals surface area contributed by atoms with Crippen molar-refractivity contribution in [3.8, 4) is 23.9 Å². The molecule has 0 spiro atoms. The normalized spacial score (nSPS) is 12.9. The Morgan fingerprint density at radius 2 is 2.19 bits per heavy atom. The van der Waals surface area contributed by atoms with Crippen molar-refractivity contribution < 1.29 is 22.4 Å². The van der Waals surface area contributed by atoms with Crippen LogP contribution in [0.25, 0.3) is 11.6 Å². The third-order valence-electron chi connectivity index (χ3n) is 5.18. The second kappa shape index (κ2) is 12.6. The SMILES string of the molecule is C#CC=C(C=CCc1noc(-c2cc(C)n(Cc3ccc(NCCC(C)C=C)nc3)n2)n1)OC(F)(F)F. The molecule has 3 heterocycles. The van der Waals surface area contributed by atoms with Gasteiger partial charge in [-0.05, 0) is 43.0 Å². The minimum atomic E-state index is -4.85. The van der Waals surface area contributed by atoms with Crippen LogP contribution < -0.4 is 5.32 Å². The largest absolute Gasteiger partial charge is 0.573 e. The highest BCUT2D eigenvalue weighted by molar-refractivity contribution is 5.47. The van der Waals surface area contributed by atoms with Crippen molar-refractivity contribution >= 4 is 5.82 Å². The van der Waals surface area contributed by atoms with Gasteiger partial charge in [0.2, 0.25) is 0 Å². The first-order chi connectivity index (χ1) is 17.7. The summed E-state index contributed by atoms with van der Waals surface area (Å²) in [6.45, 7) is 9.12. The Balaban J connectivity index is 1.59. The molecule has 1 unspecified atom stereocenters. The molecule has 0 amide bonds. The van der Waals surface area contributed by atoms with E-state index in [1.165, 1.54) is 6.08 Å². The van der Waals surface area contributed by atoms with E-state index >= 15 is 0 Å². The lowest BCUT2D eigenvalue weighted by Crippen LogP contribution is -2.12. The number of allylic oxidation sites excluding steroid dienone is 4. The topological polar surface area (TPSA) is 90.9 Å². The predicted octanol–water partition coefficient (Wildman–Crippen LogP) is 5.46. The number of nitrogens with zero attached hydrogens (tertiary/aromatic N) is 5. The van der Waals surface area contributed by atoms with Crippen LogP contribution in [0.15, 0.2) is 65.6 Å². The van der Waals surface area contributed by atoms with Gasteiger partial charge in [0.25, 0.3) is 5.89 Å². The lowest BCUT2D eigenvalue weighted by Gasteiger charge is -2.09. The van der Waals surface area contributed by atoms with Crippen LogP contribution in [0.3, 0.4) is 0 Å². The monoisotopic (exact) mass is 512 g/mol. The Morgan fingerprint density at radius 3 is 2.86 bits per heavy atom. The summed E-state index contributed by atoms with van der Waals surface area (Å²) in [6.07, 6.45) is 8.34. The average Bonchev–Trinajstić information content (AvgIpc) is 3.46. The van der Waals surface area contributed by atoms with E-state index in [9.17, 15) is 13.2 Å². The van der Waals surface area contributed by atoms with Crippen molar-refractivity contribution in [3.63, 3.8) is 0 Å². The highest BCUT2D eigenvalue weighted by Crippen LogP contribution is 2.22. The number of rotatable bonds is 12. The lowest BCUT2D eigenvalue weighted by molar-refractivity contribution is -0.303. The number of aryl methyl sites for hydroxylation is 1. The van der Waals surface area contributed by atoms with Crippen LogP contribution in [-0.2, 0) is 17.7 Å². The lowest BCUT2D eigenvalue weighted by atomic mass is 10.1. The summed E-state index contributed by atoms with van der Waals surface area (Å²) in [4.78, 5) is 8.72. The van der Waals surface area contributed by atoms with Gasteiger partial charge in [-0.3, -0.25) is 4.68 Å². The summed E-state index contributed by atoms with van der Waals surface area (Å²) in [7, 11) is 0. The standard InChI is InChI=1S/C26H27F3N6O2/c1-5-8-21(36-26(27,28)29)9-7-10-24-32-25(37-34-24)22-15-19(4)35(33-22)17-20-11-12-23(31-16-20)30-14-13-18(3)6-2/h1,6-9,11-12,15-16,18H,2,10,13-14,17H2,3-4H3,(H,30,31). The second-order valence-electron chi connectivity index (χ2n) is 8.19. The molecule has 194 valence electrons. The number of anilines is 1. The maximum absolute atomic E-state index is 12.4. The maximum Gasteiger partial charge on any atom is 0.573 e. The minimum Gasteiger partial charge on any atom is -0.405 e. The zero-order valence-corrected chi connectivity index (χ0v) is 20.5. The second-order valence-corrected chi connectivity index (χ2v) is 8.19. The molecular formula is C26H27F3N6O2. The quantitative estimate of drug-likeness (QED) is 0.149. The van der Waals surface area contributed by atoms with Crippen LogP contribution in [0.2, 0.25) is 0 Å². The predicted molar refractivity (Wildman–Crippen MR) is 133 cm³/mol. The number of alkyl halides is 3. The number of pyridine rings is 1. The van der Waals surface area contributed by atoms with Gasteiger partial charge in [-0.1, -0.05) is 36.2 Å². The third kappa shape index (κ3) is 8.68. The van der Waals surface area contributed by atoms with Crippen molar-refractivity contribution in [2.24, 2.45) is 5.92 Å². The number of terminal acetylenes is 1. The zero-order valence-electron chi connectivity index (χ0n) is 20.5. The molecule has 3 rings (SSSR count). The zero-order chi connectivity index (χ0) is 26.8. The van der Waals surface area contributed by atoms with Crippen LogP contribution in [0.5, 0.6) is 0 Å². The first-order valence-corrected chi connectivity index (χ1v) is 11.4. The van der Waals surface area contributed by atoms with E-state index in [-0.39, 0.29) is 18.1 Å². The first kappa shape index (κ1) is 27.3. The van der Waals surface area contributed by atoms with Gasteiger partial charge in [0.1, 0.15) is 11.6 Å². The van der Waals surface area contributed by atoms with E-state index in [1.54, 1.807) is 10.9 Å². The smallest absolute Gasteiger partial charge is 0.405 e. The molecule has 37 heavy (non-hydrogen) atoms. The molecule has 3 aromatic heterocycles. The molecule has 0 aliphatic heterocycles. The highest BCUT2D eigenvalue weighted by atomic mass is 19.4. The summed E-state index contributed by atoms with van der Waals surface area (Å²) < 4.78 is 48.2. The van der Waals surface area contributed by atoms with Crippen molar-refractivity contribution in [2.45, 2.75) is 39.6 Å². The number of nitrogens with one attached hydrogen (secondary N) is 1. The maximum atomic E-state index is 12.4. The van der Waals surface area contributed by atoms with Gasteiger partial charge < -0.3 is 14.6 Å². The minimum absolute atomic E-state index is 0.102. The van der Waals surface area contributed by atoms with Crippen LogP contribution in [0.1, 0.15) is 30.4 Å². The van der Waals surface area contributed by atoms with Gasteiger partial charge in [-0.25, -0.2) is 4.98 Å². The van der Waals surface area contributed by atoms with Crippen LogP contribution >= 0.6 is 0 Å². The summed E-state index contributed by atoms with van der Waals surface area (Å²) in [5.41, 5.74) is 2.33. The summed E-state index contributed by atoms with van der Waals surface area (Å²) in [6, 6.07) is 5.72. The summed E-state index contributed by atoms with van der Waals surface area (Å²) in [5, 5.41) is 11.7. The fourth-order valence-corrected chi connectivity index (χ4v) is 3.16. The molecule has 0 bridgehead atoms. The van der Waals surface area contributed by atoms with E-state index < -0.39 is 12.1 Å². The Morgan fingerprint density at radius 1 is 1.38 bits per heavy atom. The highest BCUT2D eigenvalue weighted by Gasteiger charge is 2.31. The molecule has 0 fully saturated rings. The van der Waals surface area contributed by atoms with Crippen molar-refractivity contribution in [3.05, 3.63) is 78.1 Å². The van der Waals surface area contributed by atoms with Gasteiger partial charge in [0.15, 0.2) is 11.5 Å². The van der Waals surface area contributed by atoms with Crippen LogP contribution in [0, 0.1) is 25.2 Å². The van der Waals surface area contributed by atoms with Gasteiger partial charge in [0, 0.05) is 30.9 Å². The van der Waals surface area contributed by atoms with Crippen molar-refractivity contribution in [1.29, 1.82) is 0 Å². The molecule has 0 radical (unpaired) electrons. The molecule has 0 saturated heterocycles. The Kier molecular flexibility index (Phi) is 9.27. The average molecular weight is 513 g/mol. The van der Waals surface area contributed by atoms with E-state index in [2.05, 4.69) is 43.8 Å². The molecule has 11 heteroatoms. The molecule has 0 saturated carbocycles. The Bertz CT molecular complexity index is 1280. The fraction of sp³-hybridized carbons (Fsp3) is 0.308. The molecular weight excluding hydrogens is 485 g/mol. The number of halogens is 3. The number of hydrogen-bond acceptors (Lipinski definition) is 7. The van der Waals surface area contributed by atoms with Gasteiger partial charge in [-0.2, -0.15) is 10.1 Å². The summed E-state index contributed by atoms with van der Waals surface area (Å²) >= 11 is 0. The Hall–Kier alpha value is -4.33. The molecule has 0 aliphatic rings. The molecule has 3 aromatic rings. The molecule has 1 atom stereocenters. The molecule has 0 aromatic carbocycles. The first-order valence-electron chi connectivity index (χ1n) is 11.4. The number of hydrogen-bond donors (Lipinski definition) is 1. The molecule has 1 N–H and O–H groups in total. The van der Waals surface area contributed by atoms with Crippen LogP contribution in [0.4, 0.5) is 19.0 Å². The van der Waals surface area contributed by atoms with E-state index in [4.69, 9.17) is 10.9 Å². The molecule has 8 nitrogen and oxygen atoms in total.